The zero-order valence-corrected chi connectivity index (χ0v) is 15.9. The van der Waals surface area contributed by atoms with Gasteiger partial charge in [-0.05, 0) is 37.4 Å². The van der Waals surface area contributed by atoms with Gasteiger partial charge in [0.1, 0.15) is 5.75 Å². The van der Waals surface area contributed by atoms with Crippen LogP contribution in [0.5, 0.6) is 0 Å². The van der Waals surface area contributed by atoms with E-state index in [1.54, 1.807) is 0 Å². The van der Waals surface area contributed by atoms with Crippen LogP contribution in [-0.4, -0.2) is 41.6 Å². The van der Waals surface area contributed by atoms with Crippen LogP contribution in [0.4, 0.5) is 13.2 Å². The Hall–Kier alpha value is 0.01000. The van der Waals surface area contributed by atoms with Crippen LogP contribution in [0, 0.1) is 5.92 Å². The first kappa shape index (κ1) is 24.0. The first-order valence-corrected chi connectivity index (χ1v) is 11.1. The molecule has 0 atom stereocenters. The van der Waals surface area contributed by atoms with E-state index in [1.165, 1.54) is 49.6 Å². The maximum absolute atomic E-state index is 11.5. The van der Waals surface area contributed by atoms with Crippen LogP contribution >= 0.6 is 11.6 Å². The molecule has 0 aromatic rings. The van der Waals surface area contributed by atoms with Crippen LogP contribution in [-0.2, 0) is 26.7 Å². The molecule has 1 aliphatic carbocycles. The number of rotatable bonds is 8. The molecule has 0 heterocycles. The first-order chi connectivity index (χ1) is 11.1. The summed E-state index contributed by atoms with van der Waals surface area (Å²) in [4.78, 5) is 11.5. The monoisotopic (exact) mass is 413 g/mol. The van der Waals surface area contributed by atoms with E-state index in [1.807, 2.05) is 0 Å². The van der Waals surface area contributed by atoms with Crippen LogP contribution in [0.2, 0.25) is 0 Å². The van der Waals surface area contributed by atoms with Gasteiger partial charge in [0.25, 0.3) is 0 Å². The second-order valence-electron chi connectivity index (χ2n) is 5.67. The summed E-state index contributed by atoms with van der Waals surface area (Å²) in [5.41, 5.74) is -5.53. The van der Waals surface area contributed by atoms with E-state index in [9.17, 15) is 18.0 Å². The number of carbonyl (C=O) groups excluding carboxylic acids is 1. The molecule has 144 valence electrons. The zero-order valence-electron chi connectivity index (χ0n) is 13.4. The highest BCUT2D eigenvalue weighted by Gasteiger charge is 2.44. The highest BCUT2D eigenvalue weighted by atomic mass is 35.5. The van der Waals surface area contributed by atoms with E-state index in [4.69, 9.17) is 24.6 Å². The van der Waals surface area contributed by atoms with E-state index in [0.29, 0.717) is 11.7 Å². The Morgan fingerprint density at radius 2 is 1.71 bits per heavy atom. The molecule has 1 aliphatic rings. The third-order valence-corrected chi connectivity index (χ3v) is 5.74. The smallest absolute Gasteiger partial charge is 0.294 e. The number of Topliss-reactive ketones (excluding diaryl/α,β-unsaturated/α-hetero) is 1. The van der Waals surface area contributed by atoms with Gasteiger partial charge < -0.3 is 0 Å². The van der Waals surface area contributed by atoms with Crippen molar-refractivity contribution in [3.63, 3.8) is 0 Å². The summed E-state index contributed by atoms with van der Waals surface area (Å²) in [6.45, 7) is 0. The van der Waals surface area contributed by atoms with E-state index in [2.05, 4.69) is 0 Å². The van der Waals surface area contributed by atoms with Crippen molar-refractivity contribution in [3.05, 3.63) is 0 Å². The van der Waals surface area contributed by atoms with Crippen molar-refractivity contribution >= 4 is 39.3 Å². The average Bonchev–Trinajstić information content (AvgIpc) is 2.47. The molecule has 1 N–H and O–H groups in total. The summed E-state index contributed by atoms with van der Waals surface area (Å²) in [6.07, 6.45) is 9.72. The molecule has 1 rings (SSSR count). The fourth-order valence-corrected chi connectivity index (χ4v) is 3.69. The number of thiol groups is 1. The number of halogens is 4. The quantitative estimate of drug-likeness (QED) is 0.164. The number of carbonyl (C=O) groups is 1. The molecule has 0 amide bonds. The summed E-state index contributed by atoms with van der Waals surface area (Å²) in [5.74, 6) is 4.06. The molecule has 0 radical (unpaired) electrons. The molecule has 0 aromatic carbocycles. The largest absolute Gasteiger partial charge is 0.522 e. The number of hydrogen-bond acceptors (Lipinski definition) is 3. The Balaban J connectivity index is 0.000000561. The highest BCUT2D eigenvalue weighted by Crippen LogP contribution is 2.23. The van der Waals surface area contributed by atoms with Crippen molar-refractivity contribution in [3.8, 4) is 0 Å². The van der Waals surface area contributed by atoms with Crippen molar-refractivity contribution in [1.29, 1.82) is 0 Å². The fourth-order valence-electron chi connectivity index (χ4n) is 2.24. The van der Waals surface area contributed by atoms with Crippen LogP contribution in [0.25, 0.3) is 0 Å². The second kappa shape index (κ2) is 12.4. The molecule has 4 nitrogen and oxygen atoms in total. The molecule has 0 aromatic heterocycles. The summed E-state index contributed by atoms with van der Waals surface area (Å²) in [5, 5.41) is 0. The van der Waals surface area contributed by atoms with E-state index >= 15 is 0 Å². The lowest BCUT2D eigenvalue weighted by molar-refractivity contribution is -0.116. The number of alkyl halides is 4. The molecule has 1 saturated carbocycles. The van der Waals surface area contributed by atoms with Gasteiger partial charge in [0, 0.05) is 18.2 Å². The van der Waals surface area contributed by atoms with Gasteiger partial charge in [0.15, 0.2) is 11.5 Å². The molecule has 0 unspecified atom stereocenters. The van der Waals surface area contributed by atoms with Crippen molar-refractivity contribution in [2.75, 3.05) is 17.4 Å². The number of unbranched alkanes of at least 4 members (excludes halogenated alkanes) is 1. The first-order valence-electron chi connectivity index (χ1n) is 7.82. The number of hydrogen-bond donors (Lipinski definition) is 1. The molecule has 10 heteroatoms. The van der Waals surface area contributed by atoms with Gasteiger partial charge >= 0.3 is 15.6 Å². The van der Waals surface area contributed by atoms with Gasteiger partial charge in [0.2, 0.25) is 0 Å². The van der Waals surface area contributed by atoms with Gasteiger partial charge in [0.05, 0.1) is 0 Å². The third-order valence-electron chi connectivity index (χ3n) is 3.53. The Morgan fingerprint density at radius 1 is 1.17 bits per heavy atom. The van der Waals surface area contributed by atoms with Gasteiger partial charge in [-0.25, -0.2) is 0 Å². The lowest BCUT2D eigenvalue weighted by Crippen LogP contribution is -2.21. The molecule has 0 saturated heterocycles. The Bertz CT molecular complexity index is 449. The molecule has 0 spiro atoms. The Labute approximate surface area is 150 Å². The zero-order chi connectivity index (χ0) is 18.6. The highest BCUT2D eigenvalue weighted by molar-refractivity contribution is 7.86. The lowest BCUT2D eigenvalue weighted by Gasteiger charge is -2.17. The molecule has 0 aliphatic heterocycles. The average molecular weight is 414 g/mol. The topological polar surface area (TPSA) is 71.4 Å². The standard InChI is InChI=1S/C13H23ClOS.CHF3O3S/c14-9-5-4-8-13(15)11-16-10-12-6-2-1-3-7-12;2-1(3,4)8(5,6)7/h12H,1-11H2;(H,5,6,7)/p+1. The van der Waals surface area contributed by atoms with Crippen LogP contribution < -0.4 is 0 Å². The molecule has 1 fully saturated rings. The van der Waals surface area contributed by atoms with E-state index in [0.717, 1.165) is 30.9 Å². The molecular weight excluding hydrogens is 389 g/mol. The summed E-state index contributed by atoms with van der Waals surface area (Å²) < 4.78 is 57.5. The predicted molar refractivity (Wildman–Crippen MR) is 92.3 cm³/mol. The minimum atomic E-state index is -5.84. The maximum atomic E-state index is 11.5. The van der Waals surface area contributed by atoms with Crippen LogP contribution in [0.3, 0.4) is 0 Å². The Morgan fingerprint density at radius 3 is 2.17 bits per heavy atom. The summed E-state index contributed by atoms with van der Waals surface area (Å²) in [6, 6.07) is 0. The van der Waals surface area contributed by atoms with E-state index < -0.39 is 15.6 Å². The summed E-state index contributed by atoms with van der Waals surface area (Å²) in [7, 11) is -5.84. The number of ketones is 1. The minimum absolute atomic E-state index is 0.433. The van der Waals surface area contributed by atoms with Gasteiger partial charge in [-0.1, -0.05) is 19.3 Å². The SMILES string of the molecule is O=C(CCCCCl)C[SH+]CC1CCCCC1.O=S(=O)(O)C(F)(F)F. The molecule has 24 heavy (non-hydrogen) atoms. The third kappa shape index (κ3) is 12.4. The van der Waals surface area contributed by atoms with Gasteiger partial charge in [-0.3, -0.25) is 9.35 Å². The molecular formula is C14H25ClF3O4S2+. The van der Waals surface area contributed by atoms with Crippen molar-refractivity contribution in [2.24, 2.45) is 5.92 Å². The van der Waals surface area contributed by atoms with Gasteiger partial charge in [-0.15, -0.1) is 11.6 Å². The lowest BCUT2D eigenvalue weighted by atomic mass is 9.91. The van der Waals surface area contributed by atoms with E-state index in [-0.39, 0.29) is 0 Å². The summed E-state index contributed by atoms with van der Waals surface area (Å²) >= 11 is 6.94. The Kier molecular flexibility index (Phi) is 12.4. The van der Waals surface area contributed by atoms with Crippen molar-refractivity contribution in [2.45, 2.75) is 56.9 Å². The normalized spacial score (nSPS) is 16.4. The van der Waals surface area contributed by atoms with Gasteiger partial charge in [-0.2, -0.15) is 21.6 Å². The maximum Gasteiger partial charge on any atom is 0.522 e. The second-order valence-corrected chi connectivity index (χ2v) is 8.59. The minimum Gasteiger partial charge on any atom is -0.294 e. The predicted octanol–water partition coefficient (Wildman–Crippen LogP) is 3.75. The van der Waals surface area contributed by atoms with Crippen molar-refractivity contribution < 1.29 is 30.9 Å². The van der Waals surface area contributed by atoms with Crippen LogP contribution in [0.15, 0.2) is 0 Å². The van der Waals surface area contributed by atoms with Crippen LogP contribution in [0.1, 0.15) is 51.4 Å². The molecule has 0 bridgehead atoms. The fraction of sp³-hybridized carbons (Fsp3) is 0.929. The van der Waals surface area contributed by atoms with Crippen molar-refractivity contribution in [1.82, 2.24) is 0 Å².